The highest BCUT2D eigenvalue weighted by Gasteiger charge is 2.24. The summed E-state index contributed by atoms with van der Waals surface area (Å²) >= 11 is 0. The Bertz CT molecular complexity index is 542. The molecule has 1 fully saturated rings. The molecule has 2 atom stereocenters. The first-order valence-corrected chi connectivity index (χ1v) is 7.61. The largest absolute Gasteiger partial charge is 0.354 e. The van der Waals surface area contributed by atoms with Crippen LogP contribution in [0.25, 0.3) is 0 Å². The van der Waals surface area contributed by atoms with Crippen LogP contribution in [0.1, 0.15) is 30.1 Å². The van der Waals surface area contributed by atoms with Crippen molar-refractivity contribution in [3.63, 3.8) is 0 Å². The molecule has 1 saturated heterocycles. The van der Waals surface area contributed by atoms with E-state index < -0.39 is 11.7 Å². The van der Waals surface area contributed by atoms with E-state index in [4.69, 9.17) is 0 Å². The predicted octanol–water partition coefficient (Wildman–Crippen LogP) is 1.48. The number of carbonyl (C=O) groups is 2. The first-order valence-electron chi connectivity index (χ1n) is 7.61. The molecule has 0 radical (unpaired) electrons. The standard InChI is InChI=1S/C16H22FN3O2.ClH/c1-11-10-12(6-7-18-11)15(21)19-8-9-20-16(22)13-4-2-3-5-14(13)17;/h2-5,11-12,18H,6-10H2,1H3,(H,19,21)(H,20,22);1H/t11-,12-;/m0./s1. The molecule has 0 unspecified atom stereocenters. The minimum atomic E-state index is -0.548. The Balaban J connectivity index is 0.00000264. The molecule has 1 heterocycles. The summed E-state index contributed by atoms with van der Waals surface area (Å²) in [6.45, 7) is 3.54. The molecule has 0 aromatic heterocycles. The van der Waals surface area contributed by atoms with Crippen molar-refractivity contribution in [1.82, 2.24) is 16.0 Å². The lowest BCUT2D eigenvalue weighted by Crippen LogP contribution is -2.44. The molecule has 0 bridgehead atoms. The van der Waals surface area contributed by atoms with Crippen molar-refractivity contribution in [2.75, 3.05) is 19.6 Å². The van der Waals surface area contributed by atoms with Crippen molar-refractivity contribution < 1.29 is 14.0 Å². The second-order valence-corrected chi connectivity index (χ2v) is 5.60. The van der Waals surface area contributed by atoms with Crippen LogP contribution in [0, 0.1) is 11.7 Å². The summed E-state index contributed by atoms with van der Waals surface area (Å²) in [6.07, 6.45) is 1.66. The smallest absolute Gasteiger partial charge is 0.254 e. The minimum Gasteiger partial charge on any atom is -0.354 e. The molecule has 5 nitrogen and oxygen atoms in total. The number of halogens is 2. The number of nitrogens with one attached hydrogen (secondary N) is 3. The zero-order valence-electron chi connectivity index (χ0n) is 13.1. The topological polar surface area (TPSA) is 70.2 Å². The highest BCUT2D eigenvalue weighted by atomic mass is 35.5. The Labute approximate surface area is 141 Å². The van der Waals surface area contributed by atoms with Crippen molar-refractivity contribution in [3.8, 4) is 0 Å². The monoisotopic (exact) mass is 343 g/mol. The predicted molar refractivity (Wildman–Crippen MR) is 89.2 cm³/mol. The number of carbonyl (C=O) groups excluding carboxylic acids is 2. The summed E-state index contributed by atoms with van der Waals surface area (Å²) in [7, 11) is 0. The Hall–Kier alpha value is -1.66. The van der Waals surface area contributed by atoms with E-state index in [9.17, 15) is 14.0 Å². The van der Waals surface area contributed by atoms with Crippen molar-refractivity contribution in [3.05, 3.63) is 35.6 Å². The Kier molecular flexibility index (Phi) is 7.98. The van der Waals surface area contributed by atoms with Crippen LogP contribution in [-0.2, 0) is 4.79 Å². The number of benzene rings is 1. The van der Waals surface area contributed by atoms with Crippen molar-refractivity contribution in [2.24, 2.45) is 5.92 Å². The fraction of sp³-hybridized carbons (Fsp3) is 0.500. The van der Waals surface area contributed by atoms with E-state index in [0.29, 0.717) is 12.6 Å². The molecule has 1 aromatic carbocycles. The second kappa shape index (κ2) is 9.47. The summed E-state index contributed by atoms with van der Waals surface area (Å²) in [4.78, 5) is 23.8. The van der Waals surface area contributed by atoms with Crippen LogP contribution in [0.2, 0.25) is 0 Å². The van der Waals surface area contributed by atoms with Crippen molar-refractivity contribution >= 4 is 24.2 Å². The molecule has 7 heteroatoms. The van der Waals surface area contributed by atoms with Gasteiger partial charge in [-0.3, -0.25) is 9.59 Å². The molecular weight excluding hydrogens is 321 g/mol. The van der Waals surface area contributed by atoms with Gasteiger partial charge < -0.3 is 16.0 Å². The molecule has 1 aromatic rings. The molecule has 2 amide bonds. The van der Waals surface area contributed by atoms with Gasteiger partial charge in [0.1, 0.15) is 5.82 Å². The van der Waals surface area contributed by atoms with Gasteiger partial charge in [-0.1, -0.05) is 12.1 Å². The van der Waals surface area contributed by atoms with E-state index in [1.54, 1.807) is 6.07 Å². The van der Waals surface area contributed by atoms with Gasteiger partial charge in [-0.15, -0.1) is 12.4 Å². The van der Waals surface area contributed by atoms with E-state index >= 15 is 0 Å². The number of hydrogen-bond donors (Lipinski definition) is 3. The lowest BCUT2D eigenvalue weighted by molar-refractivity contribution is -0.126. The second-order valence-electron chi connectivity index (χ2n) is 5.60. The number of amides is 2. The maximum Gasteiger partial charge on any atom is 0.254 e. The van der Waals surface area contributed by atoms with Crippen LogP contribution >= 0.6 is 12.4 Å². The third-order valence-electron chi connectivity index (χ3n) is 3.82. The SMILES string of the molecule is C[C@H]1C[C@@H](C(=O)NCCNC(=O)c2ccccc2F)CCN1.Cl. The molecule has 23 heavy (non-hydrogen) atoms. The van der Waals surface area contributed by atoms with Gasteiger partial charge in [0, 0.05) is 25.0 Å². The highest BCUT2D eigenvalue weighted by molar-refractivity contribution is 5.94. The van der Waals surface area contributed by atoms with Crippen LogP contribution in [0.5, 0.6) is 0 Å². The lowest BCUT2D eigenvalue weighted by atomic mass is 9.92. The summed E-state index contributed by atoms with van der Waals surface area (Å²) in [6, 6.07) is 6.17. The molecule has 0 spiro atoms. The van der Waals surface area contributed by atoms with Crippen LogP contribution in [-0.4, -0.2) is 37.5 Å². The van der Waals surface area contributed by atoms with E-state index in [-0.39, 0.29) is 36.3 Å². The fourth-order valence-corrected chi connectivity index (χ4v) is 2.62. The average molecular weight is 344 g/mol. The Morgan fingerprint density at radius 2 is 1.96 bits per heavy atom. The zero-order valence-corrected chi connectivity index (χ0v) is 13.9. The maximum atomic E-state index is 13.4. The molecule has 3 N–H and O–H groups in total. The van der Waals surface area contributed by atoms with Gasteiger partial charge >= 0.3 is 0 Å². The average Bonchev–Trinajstić information content (AvgIpc) is 2.51. The molecule has 0 saturated carbocycles. The normalized spacial score (nSPS) is 20.3. The van der Waals surface area contributed by atoms with Crippen LogP contribution in [0.4, 0.5) is 4.39 Å². The van der Waals surface area contributed by atoms with Gasteiger partial charge in [0.15, 0.2) is 0 Å². The fourth-order valence-electron chi connectivity index (χ4n) is 2.62. The number of rotatable bonds is 5. The minimum absolute atomic E-state index is 0. The van der Waals surface area contributed by atoms with Gasteiger partial charge in [0.25, 0.3) is 5.91 Å². The zero-order chi connectivity index (χ0) is 15.9. The van der Waals surface area contributed by atoms with Gasteiger partial charge in [0.05, 0.1) is 5.56 Å². The van der Waals surface area contributed by atoms with E-state index in [1.807, 2.05) is 0 Å². The molecule has 1 aliphatic heterocycles. The van der Waals surface area contributed by atoms with Crippen LogP contribution in [0.15, 0.2) is 24.3 Å². The Morgan fingerprint density at radius 1 is 1.26 bits per heavy atom. The maximum absolute atomic E-state index is 13.4. The van der Waals surface area contributed by atoms with Gasteiger partial charge in [-0.2, -0.15) is 0 Å². The summed E-state index contributed by atoms with van der Waals surface area (Å²) < 4.78 is 13.4. The molecular formula is C16H23ClFN3O2. The van der Waals surface area contributed by atoms with Gasteiger partial charge in [-0.25, -0.2) is 4.39 Å². The lowest BCUT2D eigenvalue weighted by Gasteiger charge is -2.27. The third kappa shape index (κ3) is 5.80. The molecule has 0 aliphatic carbocycles. The van der Waals surface area contributed by atoms with Crippen LogP contribution < -0.4 is 16.0 Å². The van der Waals surface area contributed by atoms with E-state index in [2.05, 4.69) is 22.9 Å². The van der Waals surface area contributed by atoms with Gasteiger partial charge in [0.2, 0.25) is 5.91 Å². The molecule has 128 valence electrons. The quantitative estimate of drug-likeness (QED) is 0.709. The van der Waals surface area contributed by atoms with Gasteiger partial charge in [-0.05, 0) is 38.4 Å². The van der Waals surface area contributed by atoms with Crippen LogP contribution in [0.3, 0.4) is 0 Å². The van der Waals surface area contributed by atoms with Crippen molar-refractivity contribution in [2.45, 2.75) is 25.8 Å². The molecule has 2 rings (SSSR count). The summed E-state index contributed by atoms with van der Waals surface area (Å²) in [5.74, 6) is -0.970. The highest BCUT2D eigenvalue weighted by Crippen LogP contribution is 2.15. The van der Waals surface area contributed by atoms with Crippen molar-refractivity contribution in [1.29, 1.82) is 0 Å². The number of piperidine rings is 1. The van der Waals surface area contributed by atoms with E-state index in [1.165, 1.54) is 18.2 Å². The molecule has 1 aliphatic rings. The first-order chi connectivity index (χ1) is 10.6. The Morgan fingerprint density at radius 3 is 2.65 bits per heavy atom. The number of hydrogen-bond acceptors (Lipinski definition) is 3. The summed E-state index contributed by atoms with van der Waals surface area (Å²) in [5.41, 5.74) is 0.0148. The first kappa shape index (κ1) is 19.4. The summed E-state index contributed by atoms with van der Waals surface area (Å²) in [5, 5.41) is 8.72. The third-order valence-corrected chi connectivity index (χ3v) is 3.82. The van der Waals surface area contributed by atoms with E-state index in [0.717, 1.165) is 19.4 Å².